The van der Waals surface area contributed by atoms with Gasteiger partial charge in [-0.3, -0.25) is 19.6 Å². The van der Waals surface area contributed by atoms with E-state index in [0.717, 1.165) is 42.9 Å². The summed E-state index contributed by atoms with van der Waals surface area (Å²) in [6.45, 7) is 6.80. The lowest BCUT2D eigenvalue weighted by atomic mass is 10.0. The van der Waals surface area contributed by atoms with Gasteiger partial charge in [-0.05, 0) is 48.2 Å². The first-order valence-corrected chi connectivity index (χ1v) is 11.6. The Labute approximate surface area is 179 Å². The van der Waals surface area contributed by atoms with Gasteiger partial charge in [-0.15, -0.1) is 0 Å². The molecular formula is C22H27N5O2S. The van der Waals surface area contributed by atoms with E-state index in [1.54, 1.807) is 15.9 Å². The summed E-state index contributed by atoms with van der Waals surface area (Å²) >= 11 is 1.73. The van der Waals surface area contributed by atoms with E-state index in [9.17, 15) is 9.59 Å². The molecule has 0 aliphatic carbocycles. The van der Waals surface area contributed by atoms with Crippen LogP contribution < -0.4 is 5.56 Å². The first-order valence-electron chi connectivity index (χ1n) is 10.7. The molecule has 1 fully saturated rings. The zero-order valence-corrected chi connectivity index (χ0v) is 18.2. The molecule has 158 valence electrons. The minimum Gasteiger partial charge on any atom is -0.336 e. The monoisotopic (exact) mass is 425 g/mol. The van der Waals surface area contributed by atoms with E-state index >= 15 is 0 Å². The highest BCUT2D eigenvalue weighted by Gasteiger charge is 2.30. The molecule has 0 saturated carbocycles. The average Bonchev–Trinajstić information content (AvgIpc) is 3.48. The molecule has 0 spiro atoms. The lowest BCUT2D eigenvalue weighted by Gasteiger charge is -2.29. The van der Waals surface area contributed by atoms with Crippen LogP contribution in [0.25, 0.3) is 5.65 Å². The van der Waals surface area contributed by atoms with Crippen LogP contribution in [0.1, 0.15) is 55.2 Å². The second-order valence-electron chi connectivity index (χ2n) is 8.67. The minimum atomic E-state index is -0.0492. The number of likely N-dealkylation sites (tertiary alicyclic amines) is 1. The third kappa shape index (κ3) is 3.37. The molecule has 1 saturated heterocycles. The Bertz CT molecular complexity index is 1130. The smallest absolute Gasteiger partial charge is 0.276 e. The van der Waals surface area contributed by atoms with Crippen LogP contribution in [0.3, 0.4) is 0 Å². The molecule has 5 heterocycles. The Morgan fingerprint density at radius 3 is 3.00 bits per heavy atom. The predicted molar refractivity (Wildman–Crippen MR) is 116 cm³/mol. The maximum absolute atomic E-state index is 13.1. The number of hydrogen-bond acceptors (Lipinski definition) is 5. The van der Waals surface area contributed by atoms with Gasteiger partial charge in [-0.1, -0.05) is 13.8 Å². The Morgan fingerprint density at radius 2 is 2.23 bits per heavy atom. The zero-order valence-electron chi connectivity index (χ0n) is 17.4. The molecule has 0 radical (unpaired) electrons. The number of fused-ring (bicyclic) bond motifs is 2. The average molecular weight is 426 g/mol. The van der Waals surface area contributed by atoms with E-state index in [0.29, 0.717) is 25.2 Å². The molecule has 2 aliphatic rings. The van der Waals surface area contributed by atoms with Crippen LogP contribution in [0.2, 0.25) is 0 Å². The van der Waals surface area contributed by atoms with Crippen molar-refractivity contribution >= 4 is 22.9 Å². The molecule has 1 atom stereocenters. The Kier molecular flexibility index (Phi) is 4.99. The number of aromatic nitrogens is 3. The minimum absolute atomic E-state index is 0.0275. The molecule has 3 aromatic rings. The second kappa shape index (κ2) is 7.67. The number of H-pyrrole nitrogens is 1. The topological polar surface area (TPSA) is 73.7 Å². The third-order valence-corrected chi connectivity index (χ3v) is 7.01. The molecule has 5 rings (SSSR count). The molecule has 0 unspecified atom stereocenters. The van der Waals surface area contributed by atoms with Crippen molar-refractivity contribution in [2.24, 2.45) is 5.92 Å². The molecule has 2 aliphatic heterocycles. The summed E-state index contributed by atoms with van der Waals surface area (Å²) in [4.78, 5) is 34.6. The summed E-state index contributed by atoms with van der Waals surface area (Å²) in [5.74, 6) is 0.0688. The number of rotatable bonds is 4. The lowest BCUT2D eigenvalue weighted by Crippen LogP contribution is -2.41. The highest BCUT2D eigenvalue weighted by Crippen LogP contribution is 2.33. The van der Waals surface area contributed by atoms with E-state index < -0.39 is 0 Å². The Balaban J connectivity index is 1.46. The van der Waals surface area contributed by atoms with E-state index in [4.69, 9.17) is 4.98 Å². The fraction of sp³-hybridized carbons (Fsp3) is 0.500. The van der Waals surface area contributed by atoms with Crippen molar-refractivity contribution in [3.63, 3.8) is 0 Å². The van der Waals surface area contributed by atoms with Gasteiger partial charge in [0.05, 0.1) is 24.0 Å². The number of carbonyl (C=O) groups excluding carboxylic acids is 1. The van der Waals surface area contributed by atoms with Crippen LogP contribution in [-0.2, 0) is 24.3 Å². The quantitative estimate of drug-likeness (QED) is 0.698. The molecule has 1 N–H and O–H groups in total. The number of amides is 1. The van der Waals surface area contributed by atoms with E-state index in [1.807, 2.05) is 24.8 Å². The third-order valence-electron chi connectivity index (χ3n) is 6.28. The van der Waals surface area contributed by atoms with Gasteiger partial charge in [0.1, 0.15) is 0 Å². The van der Waals surface area contributed by atoms with Crippen LogP contribution >= 0.6 is 11.3 Å². The summed E-state index contributed by atoms with van der Waals surface area (Å²) < 4.78 is 1.59. The van der Waals surface area contributed by atoms with Crippen LogP contribution in [0.15, 0.2) is 27.7 Å². The van der Waals surface area contributed by atoms with Crippen molar-refractivity contribution in [1.82, 2.24) is 24.4 Å². The number of nitrogens with zero attached hydrogens (tertiary/aromatic N) is 4. The van der Waals surface area contributed by atoms with Gasteiger partial charge < -0.3 is 4.90 Å². The van der Waals surface area contributed by atoms with Gasteiger partial charge in [-0.2, -0.15) is 11.3 Å². The SMILES string of the molecule is CC(C)C(=O)N1CCc2c(nc3cc([C@H]4CCCN4Cc4ccsc4)[nH]n3c2=O)C1. The molecule has 7 nitrogen and oxygen atoms in total. The molecule has 8 heteroatoms. The largest absolute Gasteiger partial charge is 0.336 e. The summed E-state index contributed by atoms with van der Waals surface area (Å²) in [7, 11) is 0. The summed E-state index contributed by atoms with van der Waals surface area (Å²) in [5, 5.41) is 7.65. The molecule has 0 bridgehead atoms. The van der Waals surface area contributed by atoms with Crippen LogP contribution in [0.5, 0.6) is 0 Å². The maximum atomic E-state index is 13.1. The van der Waals surface area contributed by atoms with Gasteiger partial charge in [0.2, 0.25) is 5.91 Å². The highest BCUT2D eigenvalue weighted by atomic mass is 32.1. The lowest BCUT2D eigenvalue weighted by molar-refractivity contribution is -0.135. The molecular weight excluding hydrogens is 398 g/mol. The van der Waals surface area contributed by atoms with Crippen LogP contribution in [0.4, 0.5) is 0 Å². The number of carbonyl (C=O) groups is 1. The zero-order chi connectivity index (χ0) is 20.8. The summed E-state index contributed by atoms with van der Waals surface area (Å²) in [6, 6.07) is 4.46. The normalized spacial score (nSPS) is 19.7. The molecule has 30 heavy (non-hydrogen) atoms. The van der Waals surface area contributed by atoms with Gasteiger partial charge in [-0.25, -0.2) is 9.50 Å². The van der Waals surface area contributed by atoms with Crippen molar-refractivity contribution in [3.05, 3.63) is 55.8 Å². The molecule has 3 aromatic heterocycles. The highest BCUT2D eigenvalue weighted by molar-refractivity contribution is 7.07. The van der Waals surface area contributed by atoms with Gasteiger partial charge >= 0.3 is 0 Å². The van der Waals surface area contributed by atoms with Crippen molar-refractivity contribution < 1.29 is 4.79 Å². The van der Waals surface area contributed by atoms with Gasteiger partial charge in [0.25, 0.3) is 5.56 Å². The number of nitrogens with one attached hydrogen (secondary N) is 1. The Morgan fingerprint density at radius 1 is 1.37 bits per heavy atom. The first-order chi connectivity index (χ1) is 14.5. The second-order valence-corrected chi connectivity index (χ2v) is 9.45. The maximum Gasteiger partial charge on any atom is 0.276 e. The number of aromatic amines is 1. The predicted octanol–water partition coefficient (Wildman–Crippen LogP) is 2.96. The van der Waals surface area contributed by atoms with Crippen molar-refractivity contribution in [2.75, 3.05) is 13.1 Å². The van der Waals surface area contributed by atoms with Crippen LogP contribution in [-0.4, -0.2) is 43.4 Å². The molecule has 1 amide bonds. The summed E-state index contributed by atoms with van der Waals surface area (Å²) in [6.07, 6.45) is 2.78. The van der Waals surface area contributed by atoms with Crippen molar-refractivity contribution in [3.8, 4) is 0 Å². The van der Waals surface area contributed by atoms with Gasteiger partial charge in [0.15, 0.2) is 5.65 Å². The fourth-order valence-corrected chi connectivity index (χ4v) is 5.38. The van der Waals surface area contributed by atoms with Crippen molar-refractivity contribution in [1.29, 1.82) is 0 Å². The van der Waals surface area contributed by atoms with Crippen LogP contribution in [0, 0.1) is 5.92 Å². The molecule has 0 aromatic carbocycles. The van der Waals surface area contributed by atoms with E-state index in [-0.39, 0.29) is 23.4 Å². The first kappa shape index (κ1) is 19.5. The van der Waals surface area contributed by atoms with Gasteiger partial charge in [0, 0.05) is 30.6 Å². The number of thiophene rings is 1. The van der Waals surface area contributed by atoms with E-state index in [2.05, 4.69) is 26.8 Å². The summed E-state index contributed by atoms with van der Waals surface area (Å²) in [5.41, 5.74) is 4.48. The standard InChI is InChI=1S/C22H27N5O2S/c1-14(2)21(28)26-8-5-16-18(12-26)23-20-10-17(24-27(20)22(16)29)19-4-3-7-25(19)11-15-6-9-30-13-15/h6,9-10,13-14,19,24H,3-5,7-8,11-12H2,1-2H3/t19-/m1/s1. The Hall–Kier alpha value is -2.45. The van der Waals surface area contributed by atoms with E-state index in [1.165, 1.54) is 5.56 Å². The number of hydrogen-bond donors (Lipinski definition) is 1. The van der Waals surface area contributed by atoms with Crippen molar-refractivity contribution in [2.45, 2.75) is 52.2 Å². The fourth-order valence-electron chi connectivity index (χ4n) is 4.72.